The molecule has 1 aliphatic heterocycles. The maximum absolute atomic E-state index is 12.3. The summed E-state index contributed by atoms with van der Waals surface area (Å²) < 4.78 is 17.0. The topological polar surface area (TPSA) is 51.2 Å². The van der Waals surface area contributed by atoms with Gasteiger partial charge >= 0.3 is 5.97 Å². The summed E-state index contributed by atoms with van der Waals surface area (Å²) in [5.74, 6) is 1.47. The minimum absolute atomic E-state index is 0.245. The van der Waals surface area contributed by atoms with Crippen LogP contribution in [0.4, 0.5) is 5.69 Å². The number of rotatable bonds is 12. The van der Waals surface area contributed by atoms with Crippen LogP contribution in [0.25, 0.3) is 0 Å². The van der Waals surface area contributed by atoms with E-state index in [1.165, 1.54) is 0 Å². The molecule has 0 N–H and O–H groups in total. The van der Waals surface area contributed by atoms with E-state index in [0.717, 1.165) is 68.3 Å². The van der Waals surface area contributed by atoms with E-state index in [9.17, 15) is 4.79 Å². The van der Waals surface area contributed by atoms with Crippen LogP contribution >= 0.6 is 0 Å². The largest absolute Gasteiger partial charge is 0.494 e. The maximum Gasteiger partial charge on any atom is 0.340 e. The summed E-state index contributed by atoms with van der Waals surface area (Å²) in [7, 11) is 0. The van der Waals surface area contributed by atoms with Gasteiger partial charge in [0.2, 0.25) is 0 Å². The van der Waals surface area contributed by atoms with E-state index in [-0.39, 0.29) is 5.97 Å². The molecule has 4 rings (SSSR count). The number of carbonyl (C=O) groups is 1. The lowest BCUT2D eigenvalue weighted by molar-refractivity contribution is 0.0527. The minimum Gasteiger partial charge on any atom is -0.494 e. The van der Waals surface area contributed by atoms with Crippen molar-refractivity contribution in [2.45, 2.75) is 26.4 Å². The van der Waals surface area contributed by atoms with Gasteiger partial charge < -0.3 is 19.1 Å². The molecule has 0 aliphatic carbocycles. The van der Waals surface area contributed by atoms with Crippen LogP contribution in [0.15, 0.2) is 78.9 Å². The molecule has 0 aromatic heterocycles. The van der Waals surface area contributed by atoms with E-state index in [1.54, 1.807) is 0 Å². The summed E-state index contributed by atoms with van der Waals surface area (Å²) >= 11 is 0. The lowest BCUT2D eigenvalue weighted by Gasteiger charge is -2.36. The van der Waals surface area contributed by atoms with Crippen LogP contribution < -0.4 is 14.4 Å². The monoisotopic (exact) mass is 488 g/mol. The lowest BCUT2D eigenvalue weighted by Crippen LogP contribution is -2.47. The fourth-order valence-corrected chi connectivity index (χ4v) is 4.34. The molecule has 0 radical (unpaired) electrons. The van der Waals surface area contributed by atoms with Crippen molar-refractivity contribution in [3.05, 3.63) is 90.0 Å². The van der Waals surface area contributed by atoms with Crippen LogP contribution in [0, 0.1) is 0 Å². The van der Waals surface area contributed by atoms with Crippen LogP contribution in [0.1, 0.15) is 35.7 Å². The minimum atomic E-state index is -0.245. The summed E-state index contributed by atoms with van der Waals surface area (Å²) in [5.41, 5.74) is 2.78. The van der Waals surface area contributed by atoms with Crippen molar-refractivity contribution in [3.8, 4) is 11.5 Å². The molecule has 1 aliphatic rings. The van der Waals surface area contributed by atoms with Crippen molar-refractivity contribution < 1.29 is 19.0 Å². The van der Waals surface area contributed by atoms with Crippen molar-refractivity contribution in [1.29, 1.82) is 0 Å². The Morgan fingerprint density at radius 2 is 1.44 bits per heavy atom. The molecule has 0 unspecified atom stereocenters. The Morgan fingerprint density at radius 3 is 2.17 bits per heavy atom. The zero-order valence-corrected chi connectivity index (χ0v) is 21.1. The Kier molecular flexibility index (Phi) is 9.62. The van der Waals surface area contributed by atoms with Crippen molar-refractivity contribution in [2.75, 3.05) is 50.8 Å². The quantitative estimate of drug-likeness (QED) is 0.251. The van der Waals surface area contributed by atoms with Gasteiger partial charge in [-0.15, -0.1) is 0 Å². The highest BCUT2D eigenvalue weighted by molar-refractivity contribution is 5.95. The first-order valence-electron chi connectivity index (χ1n) is 12.9. The van der Waals surface area contributed by atoms with Gasteiger partial charge in [-0.3, -0.25) is 4.90 Å². The predicted molar refractivity (Wildman–Crippen MR) is 143 cm³/mol. The van der Waals surface area contributed by atoms with E-state index in [1.807, 2.05) is 73.7 Å². The molecule has 3 aromatic carbocycles. The molecule has 6 nitrogen and oxygen atoms in total. The number of para-hydroxylation sites is 1. The third-order valence-electron chi connectivity index (χ3n) is 6.32. The highest BCUT2D eigenvalue weighted by Crippen LogP contribution is 2.23. The average molecular weight is 489 g/mol. The van der Waals surface area contributed by atoms with E-state index in [2.05, 4.69) is 21.9 Å². The molecule has 0 spiro atoms. The molecule has 0 atom stereocenters. The average Bonchev–Trinajstić information content (AvgIpc) is 2.93. The molecular formula is C30H36N2O4. The maximum atomic E-state index is 12.3. The number of benzene rings is 3. The highest BCUT2D eigenvalue weighted by atomic mass is 16.5. The number of anilines is 1. The van der Waals surface area contributed by atoms with Gasteiger partial charge in [-0.05, 0) is 68.3 Å². The Bertz CT molecular complexity index is 1060. The van der Waals surface area contributed by atoms with E-state index >= 15 is 0 Å². The van der Waals surface area contributed by atoms with Crippen LogP contribution in [0.5, 0.6) is 11.5 Å². The second-order valence-electron chi connectivity index (χ2n) is 8.87. The molecule has 190 valence electrons. The van der Waals surface area contributed by atoms with Crippen molar-refractivity contribution in [2.24, 2.45) is 0 Å². The smallest absolute Gasteiger partial charge is 0.340 e. The fourth-order valence-electron chi connectivity index (χ4n) is 4.34. The van der Waals surface area contributed by atoms with Gasteiger partial charge in [0.05, 0.1) is 24.5 Å². The third-order valence-corrected chi connectivity index (χ3v) is 6.32. The van der Waals surface area contributed by atoms with Gasteiger partial charge in [-0.1, -0.05) is 42.5 Å². The van der Waals surface area contributed by atoms with Gasteiger partial charge in [0.1, 0.15) is 18.1 Å². The van der Waals surface area contributed by atoms with E-state index in [4.69, 9.17) is 14.2 Å². The summed E-state index contributed by atoms with van der Waals surface area (Å²) in [4.78, 5) is 17.1. The second kappa shape index (κ2) is 13.5. The van der Waals surface area contributed by atoms with E-state index in [0.29, 0.717) is 25.4 Å². The van der Waals surface area contributed by atoms with Gasteiger partial charge in [0.15, 0.2) is 0 Å². The normalized spacial score (nSPS) is 13.9. The first kappa shape index (κ1) is 25.6. The van der Waals surface area contributed by atoms with Crippen molar-refractivity contribution in [3.63, 3.8) is 0 Å². The number of piperazine rings is 1. The molecule has 0 saturated carbocycles. The summed E-state index contributed by atoms with van der Waals surface area (Å²) in [6.07, 6.45) is 2.11. The van der Waals surface area contributed by atoms with Crippen LogP contribution in [0.3, 0.4) is 0 Å². The number of ether oxygens (including phenoxy) is 3. The lowest BCUT2D eigenvalue weighted by atomic mass is 10.1. The first-order valence-corrected chi connectivity index (χ1v) is 12.9. The van der Waals surface area contributed by atoms with Crippen molar-refractivity contribution in [1.82, 2.24) is 4.90 Å². The molecule has 0 amide bonds. The molecule has 0 bridgehead atoms. The molecular weight excluding hydrogens is 452 g/mol. The number of carbonyl (C=O) groups excluding carboxylic acids is 1. The molecule has 3 aromatic rings. The van der Waals surface area contributed by atoms with Crippen molar-refractivity contribution >= 4 is 11.7 Å². The Hall–Kier alpha value is -3.51. The Labute approximate surface area is 214 Å². The van der Waals surface area contributed by atoms with Gasteiger partial charge in [-0.2, -0.15) is 0 Å². The number of esters is 1. The van der Waals surface area contributed by atoms with Crippen LogP contribution in [0.2, 0.25) is 0 Å². The fraction of sp³-hybridized carbons (Fsp3) is 0.367. The predicted octanol–water partition coefficient (Wildman–Crippen LogP) is 5.42. The summed E-state index contributed by atoms with van der Waals surface area (Å²) in [6.45, 7) is 8.34. The Morgan fingerprint density at radius 1 is 0.778 bits per heavy atom. The molecule has 1 fully saturated rings. The van der Waals surface area contributed by atoms with E-state index < -0.39 is 0 Å². The first-order chi connectivity index (χ1) is 17.7. The third kappa shape index (κ3) is 7.49. The van der Waals surface area contributed by atoms with Crippen LogP contribution in [-0.2, 0) is 11.3 Å². The zero-order valence-electron chi connectivity index (χ0n) is 21.1. The van der Waals surface area contributed by atoms with Gasteiger partial charge in [-0.25, -0.2) is 4.79 Å². The standard InChI is InChI=1S/C30H36N2O4/c1-2-34-30(33)28-12-6-7-13-29(28)32-21-19-31(20-22-32)18-8-9-23-35-26-14-16-27(17-15-26)36-24-25-10-4-3-5-11-25/h3-7,10-17H,2,8-9,18-24H2,1H3. The molecule has 36 heavy (non-hydrogen) atoms. The number of hydrogen-bond acceptors (Lipinski definition) is 6. The number of nitrogens with zero attached hydrogens (tertiary/aromatic N) is 2. The Balaban J connectivity index is 1.12. The molecule has 1 heterocycles. The molecule has 1 saturated heterocycles. The zero-order chi connectivity index (χ0) is 25.0. The summed E-state index contributed by atoms with van der Waals surface area (Å²) in [6, 6.07) is 25.7. The van der Waals surface area contributed by atoms with Gasteiger partial charge in [0.25, 0.3) is 0 Å². The summed E-state index contributed by atoms with van der Waals surface area (Å²) in [5, 5.41) is 0. The van der Waals surface area contributed by atoms with Gasteiger partial charge in [0, 0.05) is 26.2 Å². The molecule has 6 heteroatoms. The highest BCUT2D eigenvalue weighted by Gasteiger charge is 2.21. The second-order valence-corrected chi connectivity index (χ2v) is 8.87. The number of hydrogen-bond donors (Lipinski definition) is 0. The SMILES string of the molecule is CCOC(=O)c1ccccc1N1CCN(CCCCOc2ccc(OCc3ccccc3)cc2)CC1. The number of unbranched alkanes of at least 4 members (excludes halogenated alkanes) is 1. The van der Waals surface area contributed by atoms with Crippen LogP contribution in [-0.4, -0.2) is 56.8 Å².